The SMILES string of the molecule is C[C@@H]1CN([C@H](C)CO)S(=O)(=O)c2ccc(C#CC3CC3)cc2O[C@@H]1CN(C)Cc1ccccc1. The molecule has 1 N–H and O–H groups in total. The Kier molecular flexibility index (Phi) is 7.63. The molecule has 2 aromatic rings. The highest BCUT2D eigenvalue weighted by molar-refractivity contribution is 7.89. The van der Waals surface area contributed by atoms with E-state index in [0.717, 1.165) is 24.9 Å². The zero-order chi connectivity index (χ0) is 24.3. The smallest absolute Gasteiger partial charge is 0.247 e. The molecule has 0 unspecified atom stereocenters. The number of hydrogen-bond donors (Lipinski definition) is 1. The van der Waals surface area contributed by atoms with Crippen LogP contribution in [-0.4, -0.2) is 61.6 Å². The van der Waals surface area contributed by atoms with Gasteiger partial charge in [-0.2, -0.15) is 4.31 Å². The minimum Gasteiger partial charge on any atom is -0.487 e. The molecule has 1 fully saturated rings. The van der Waals surface area contributed by atoms with Crippen molar-refractivity contribution in [2.75, 3.05) is 26.7 Å². The van der Waals surface area contributed by atoms with E-state index in [4.69, 9.17) is 4.74 Å². The molecule has 182 valence electrons. The molecule has 4 rings (SSSR count). The van der Waals surface area contributed by atoms with Crippen molar-refractivity contribution < 1.29 is 18.3 Å². The van der Waals surface area contributed by atoms with E-state index in [1.165, 1.54) is 9.87 Å². The van der Waals surface area contributed by atoms with Crippen molar-refractivity contribution in [1.29, 1.82) is 0 Å². The molecule has 2 aliphatic rings. The zero-order valence-corrected chi connectivity index (χ0v) is 21.0. The van der Waals surface area contributed by atoms with Crippen LogP contribution in [0, 0.1) is 23.7 Å². The number of aliphatic hydroxyl groups is 1. The fraction of sp³-hybridized carbons (Fsp3) is 0.481. The summed E-state index contributed by atoms with van der Waals surface area (Å²) in [5.41, 5.74) is 1.96. The molecule has 1 aliphatic heterocycles. The lowest BCUT2D eigenvalue weighted by molar-refractivity contribution is 0.0733. The lowest BCUT2D eigenvalue weighted by atomic mass is 10.0. The second-order valence-electron chi connectivity index (χ2n) is 9.63. The molecule has 0 spiro atoms. The average molecular weight is 483 g/mol. The van der Waals surface area contributed by atoms with Crippen molar-refractivity contribution in [1.82, 2.24) is 9.21 Å². The first-order valence-electron chi connectivity index (χ1n) is 12.0. The van der Waals surface area contributed by atoms with Gasteiger partial charge in [-0.05, 0) is 50.6 Å². The number of benzene rings is 2. The van der Waals surface area contributed by atoms with Gasteiger partial charge in [0.25, 0.3) is 0 Å². The van der Waals surface area contributed by atoms with Crippen molar-refractivity contribution >= 4 is 10.0 Å². The van der Waals surface area contributed by atoms with Gasteiger partial charge < -0.3 is 9.84 Å². The van der Waals surface area contributed by atoms with Crippen LogP contribution in [0.5, 0.6) is 5.75 Å². The lowest BCUT2D eigenvalue weighted by Crippen LogP contribution is -2.49. The monoisotopic (exact) mass is 482 g/mol. The average Bonchev–Trinajstić information content (AvgIpc) is 3.64. The third-order valence-electron chi connectivity index (χ3n) is 6.45. The Labute approximate surface area is 203 Å². The second kappa shape index (κ2) is 10.5. The standard InChI is InChI=1S/C27H34N2O4S/c1-20-16-29(21(2)19-30)34(31,32)27-14-13-23(12-11-22-9-10-22)15-25(27)33-26(20)18-28(3)17-24-7-5-4-6-8-24/h4-8,13-15,20-22,26,30H,9-10,16-19H2,1-3H3/t20-,21-,26-/m1/s1. The Morgan fingerprint density at radius 3 is 2.62 bits per heavy atom. The van der Waals surface area contributed by atoms with Gasteiger partial charge in [-0.25, -0.2) is 8.42 Å². The van der Waals surface area contributed by atoms with E-state index in [2.05, 4.69) is 28.9 Å². The highest BCUT2D eigenvalue weighted by Crippen LogP contribution is 2.34. The Morgan fingerprint density at radius 2 is 1.94 bits per heavy atom. The number of nitrogens with zero attached hydrogens (tertiary/aromatic N) is 2. The molecule has 0 saturated heterocycles. The van der Waals surface area contributed by atoms with Gasteiger partial charge in [-0.3, -0.25) is 4.90 Å². The molecular formula is C27H34N2O4S. The number of rotatable bonds is 6. The number of hydrogen-bond acceptors (Lipinski definition) is 5. The van der Waals surface area contributed by atoms with Crippen LogP contribution in [0.1, 0.15) is 37.8 Å². The molecule has 1 saturated carbocycles. The zero-order valence-electron chi connectivity index (χ0n) is 20.1. The maximum atomic E-state index is 13.6. The first kappa shape index (κ1) is 24.7. The number of likely N-dealkylation sites (N-methyl/N-ethyl adjacent to an activating group) is 1. The fourth-order valence-electron chi connectivity index (χ4n) is 4.20. The molecule has 0 radical (unpaired) electrons. The van der Waals surface area contributed by atoms with E-state index in [1.807, 2.05) is 32.2 Å². The van der Waals surface area contributed by atoms with Crippen LogP contribution in [-0.2, 0) is 16.6 Å². The van der Waals surface area contributed by atoms with Crippen LogP contribution in [0.3, 0.4) is 0 Å². The largest absolute Gasteiger partial charge is 0.487 e. The number of sulfonamides is 1. The van der Waals surface area contributed by atoms with Crippen LogP contribution in [0.4, 0.5) is 0 Å². The molecule has 0 bridgehead atoms. The van der Waals surface area contributed by atoms with E-state index in [0.29, 0.717) is 18.2 Å². The first-order chi connectivity index (χ1) is 16.3. The minimum atomic E-state index is -3.84. The normalized spacial score (nSPS) is 23.1. The quantitative estimate of drug-likeness (QED) is 0.640. The Morgan fingerprint density at radius 1 is 1.21 bits per heavy atom. The summed E-state index contributed by atoms with van der Waals surface area (Å²) in [5.74, 6) is 7.11. The number of ether oxygens (including phenoxy) is 1. The van der Waals surface area contributed by atoms with Crippen molar-refractivity contribution in [3.8, 4) is 17.6 Å². The molecule has 1 heterocycles. The summed E-state index contributed by atoms with van der Waals surface area (Å²) in [7, 11) is -1.79. The molecule has 0 aromatic heterocycles. The van der Waals surface area contributed by atoms with Crippen LogP contribution < -0.4 is 4.74 Å². The summed E-state index contributed by atoms with van der Waals surface area (Å²) in [6, 6.07) is 14.8. The molecule has 0 amide bonds. The Balaban J connectivity index is 1.66. The van der Waals surface area contributed by atoms with Gasteiger partial charge in [0.1, 0.15) is 16.7 Å². The molecular weight excluding hydrogens is 448 g/mol. The summed E-state index contributed by atoms with van der Waals surface area (Å²) < 4.78 is 35.0. The molecule has 2 aromatic carbocycles. The number of aliphatic hydroxyl groups excluding tert-OH is 1. The second-order valence-corrected chi connectivity index (χ2v) is 11.5. The highest BCUT2D eigenvalue weighted by Gasteiger charge is 2.38. The van der Waals surface area contributed by atoms with Crippen molar-refractivity contribution in [2.45, 2.75) is 50.3 Å². The summed E-state index contributed by atoms with van der Waals surface area (Å²) in [5, 5.41) is 9.80. The lowest BCUT2D eigenvalue weighted by Gasteiger charge is -2.37. The van der Waals surface area contributed by atoms with Crippen molar-refractivity contribution in [2.24, 2.45) is 11.8 Å². The van der Waals surface area contributed by atoms with E-state index in [-0.39, 0.29) is 30.1 Å². The van der Waals surface area contributed by atoms with Crippen LogP contribution >= 0.6 is 0 Å². The summed E-state index contributed by atoms with van der Waals surface area (Å²) in [6.07, 6.45) is 2.02. The molecule has 3 atom stereocenters. The van der Waals surface area contributed by atoms with Gasteiger partial charge in [-0.15, -0.1) is 0 Å². The third kappa shape index (κ3) is 5.81. The topological polar surface area (TPSA) is 70.1 Å². The summed E-state index contributed by atoms with van der Waals surface area (Å²) in [4.78, 5) is 2.33. The van der Waals surface area contributed by atoms with E-state index in [9.17, 15) is 13.5 Å². The molecule has 7 heteroatoms. The van der Waals surface area contributed by atoms with Gasteiger partial charge in [0, 0.05) is 43.1 Å². The maximum absolute atomic E-state index is 13.6. The predicted octanol–water partition coefficient (Wildman–Crippen LogP) is 3.35. The van der Waals surface area contributed by atoms with Gasteiger partial charge in [0.05, 0.1) is 6.61 Å². The van der Waals surface area contributed by atoms with E-state index in [1.54, 1.807) is 25.1 Å². The van der Waals surface area contributed by atoms with E-state index < -0.39 is 16.1 Å². The molecule has 6 nitrogen and oxygen atoms in total. The third-order valence-corrected chi connectivity index (χ3v) is 8.47. The summed E-state index contributed by atoms with van der Waals surface area (Å²) >= 11 is 0. The van der Waals surface area contributed by atoms with Gasteiger partial charge in [0.15, 0.2) is 0 Å². The van der Waals surface area contributed by atoms with Crippen LogP contribution in [0.25, 0.3) is 0 Å². The Bertz CT molecular complexity index is 1150. The predicted molar refractivity (Wildman–Crippen MR) is 133 cm³/mol. The first-order valence-corrected chi connectivity index (χ1v) is 13.4. The molecule has 34 heavy (non-hydrogen) atoms. The van der Waals surface area contributed by atoms with Gasteiger partial charge >= 0.3 is 0 Å². The maximum Gasteiger partial charge on any atom is 0.247 e. The van der Waals surface area contributed by atoms with Gasteiger partial charge in [-0.1, -0.05) is 49.1 Å². The van der Waals surface area contributed by atoms with Crippen molar-refractivity contribution in [3.63, 3.8) is 0 Å². The van der Waals surface area contributed by atoms with Crippen molar-refractivity contribution in [3.05, 3.63) is 59.7 Å². The highest BCUT2D eigenvalue weighted by atomic mass is 32.2. The Hall–Kier alpha value is -2.37. The van der Waals surface area contributed by atoms with Gasteiger partial charge in [0.2, 0.25) is 10.0 Å². The summed E-state index contributed by atoms with van der Waals surface area (Å²) in [6.45, 7) is 5.17. The fourth-order valence-corrected chi connectivity index (χ4v) is 6.03. The van der Waals surface area contributed by atoms with Crippen LogP contribution in [0.2, 0.25) is 0 Å². The van der Waals surface area contributed by atoms with Crippen LogP contribution in [0.15, 0.2) is 53.4 Å². The van der Waals surface area contributed by atoms with E-state index >= 15 is 0 Å². The minimum absolute atomic E-state index is 0.0867. The number of fused-ring (bicyclic) bond motifs is 1. The molecule has 1 aliphatic carbocycles.